The zero-order valence-electron chi connectivity index (χ0n) is 10.7. The van der Waals surface area contributed by atoms with Crippen LogP contribution >= 0.6 is 11.8 Å². The predicted octanol–water partition coefficient (Wildman–Crippen LogP) is 3.98. The highest BCUT2D eigenvalue weighted by atomic mass is 32.2. The number of nitrogens with two attached hydrogens (primary N) is 1. The lowest BCUT2D eigenvalue weighted by molar-refractivity contribution is -0.137. The highest BCUT2D eigenvalue weighted by molar-refractivity contribution is 7.99. The molecule has 0 aliphatic rings. The first-order valence-electron chi connectivity index (χ1n) is 5.65. The molecule has 1 aromatic carbocycles. The van der Waals surface area contributed by atoms with Crippen molar-refractivity contribution >= 4 is 17.4 Å². The monoisotopic (exact) mass is 318 g/mol. The van der Waals surface area contributed by atoms with Crippen LogP contribution < -0.4 is 10.5 Å². The van der Waals surface area contributed by atoms with E-state index in [0.29, 0.717) is 9.92 Å². The number of hydrogen-bond acceptors (Lipinski definition) is 4. The summed E-state index contributed by atoms with van der Waals surface area (Å²) in [5.74, 6) is -0.613. The van der Waals surface area contributed by atoms with E-state index in [1.165, 1.54) is 19.2 Å². The summed E-state index contributed by atoms with van der Waals surface area (Å²) in [5.41, 5.74) is 4.98. The summed E-state index contributed by atoms with van der Waals surface area (Å²) >= 11 is 1.02. The third kappa shape index (κ3) is 3.57. The van der Waals surface area contributed by atoms with Crippen LogP contribution in [0.5, 0.6) is 5.75 Å². The number of rotatable bonds is 3. The minimum absolute atomic E-state index is 0.00129. The Labute approximate surface area is 122 Å². The van der Waals surface area contributed by atoms with E-state index in [4.69, 9.17) is 10.5 Å². The van der Waals surface area contributed by atoms with Gasteiger partial charge in [-0.2, -0.15) is 13.2 Å². The third-order valence-corrected chi connectivity index (χ3v) is 3.59. The van der Waals surface area contributed by atoms with Crippen molar-refractivity contribution in [2.75, 3.05) is 12.8 Å². The highest BCUT2D eigenvalue weighted by Gasteiger charge is 2.30. The van der Waals surface area contributed by atoms with Gasteiger partial charge in [-0.15, -0.1) is 0 Å². The summed E-state index contributed by atoms with van der Waals surface area (Å²) in [6.07, 6.45) is -3.70. The number of methoxy groups -OCH3 is 1. The van der Waals surface area contributed by atoms with Gasteiger partial charge in [0.25, 0.3) is 0 Å². The van der Waals surface area contributed by atoms with E-state index in [1.807, 2.05) is 0 Å². The number of anilines is 1. The maximum Gasteiger partial charge on any atom is 0.417 e. The van der Waals surface area contributed by atoms with Gasteiger partial charge in [-0.3, -0.25) is 0 Å². The molecule has 2 N–H and O–H groups in total. The molecule has 1 heterocycles. The fourth-order valence-electron chi connectivity index (χ4n) is 1.52. The second-order valence-electron chi connectivity index (χ2n) is 4.01. The lowest BCUT2D eigenvalue weighted by Crippen LogP contribution is -2.05. The largest absolute Gasteiger partial charge is 0.494 e. The van der Waals surface area contributed by atoms with Crippen LogP contribution in [0.2, 0.25) is 0 Å². The van der Waals surface area contributed by atoms with E-state index >= 15 is 0 Å². The van der Waals surface area contributed by atoms with Crippen molar-refractivity contribution in [2.45, 2.75) is 16.1 Å². The zero-order chi connectivity index (χ0) is 15.6. The van der Waals surface area contributed by atoms with Crippen LogP contribution in [0.4, 0.5) is 23.2 Å². The van der Waals surface area contributed by atoms with E-state index in [1.54, 1.807) is 0 Å². The Bertz CT molecular complexity index is 644. The Hall–Kier alpha value is -1.96. The molecule has 0 saturated carbocycles. The predicted molar refractivity (Wildman–Crippen MR) is 70.7 cm³/mol. The number of hydrogen-bond donors (Lipinski definition) is 1. The molecule has 0 saturated heterocycles. The van der Waals surface area contributed by atoms with Gasteiger partial charge in [0.1, 0.15) is 5.03 Å². The van der Waals surface area contributed by atoms with Crippen molar-refractivity contribution in [2.24, 2.45) is 0 Å². The Kier molecular flexibility index (Phi) is 4.26. The van der Waals surface area contributed by atoms with Crippen LogP contribution in [0.3, 0.4) is 0 Å². The van der Waals surface area contributed by atoms with Crippen LogP contribution in [0.15, 0.2) is 40.4 Å². The second kappa shape index (κ2) is 5.80. The quantitative estimate of drug-likeness (QED) is 0.687. The van der Waals surface area contributed by atoms with Gasteiger partial charge in [-0.05, 0) is 18.2 Å². The number of nitrogen functional groups attached to an aromatic ring is 1. The summed E-state index contributed by atoms with van der Waals surface area (Å²) in [7, 11) is 1.30. The first kappa shape index (κ1) is 15.4. The standard InChI is InChI=1S/C13H10F4N2OS/c1-20-10-5-11(9(18)4-8(10)14)21-12-3-2-7(6-19-12)13(15,16)17/h2-6H,18H2,1H3. The molecule has 0 unspecified atom stereocenters. The first-order valence-corrected chi connectivity index (χ1v) is 6.47. The topological polar surface area (TPSA) is 48.1 Å². The zero-order valence-corrected chi connectivity index (χ0v) is 11.6. The van der Waals surface area contributed by atoms with Crippen LogP contribution in [-0.4, -0.2) is 12.1 Å². The second-order valence-corrected chi connectivity index (χ2v) is 5.07. The smallest absolute Gasteiger partial charge is 0.417 e. The number of benzene rings is 1. The fourth-order valence-corrected chi connectivity index (χ4v) is 2.33. The van der Waals surface area contributed by atoms with Crippen LogP contribution in [0.1, 0.15) is 5.56 Å². The van der Waals surface area contributed by atoms with E-state index < -0.39 is 17.6 Å². The van der Waals surface area contributed by atoms with Crippen molar-refractivity contribution in [1.82, 2.24) is 4.98 Å². The van der Waals surface area contributed by atoms with Crippen molar-refractivity contribution in [1.29, 1.82) is 0 Å². The van der Waals surface area contributed by atoms with Crippen molar-refractivity contribution < 1.29 is 22.3 Å². The molecule has 112 valence electrons. The summed E-state index contributed by atoms with van der Waals surface area (Å²) < 4.78 is 55.5. The number of alkyl halides is 3. The molecule has 8 heteroatoms. The summed E-state index contributed by atoms with van der Waals surface area (Å²) in [6.45, 7) is 0. The van der Waals surface area contributed by atoms with Gasteiger partial charge in [-0.25, -0.2) is 9.37 Å². The molecule has 2 aromatic rings. The van der Waals surface area contributed by atoms with Gasteiger partial charge in [0.2, 0.25) is 0 Å². The molecular formula is C13H10F4N2OS. The molecule has 1 aromatic heterocycles. The average Bonchev–Trinajstić information content (AvgIpc) is 2.41. The molecule has 0 amide bonds. The SMILES string of the molecule is COc1cc(Sc2ccc(C(F)(F)F)cn2)c(N)cc1F. The number of halogens is 4. The van der Waals surface area contributed by atoms with Gasteiger partial charge in [0.15, 0.2) is 11.6 Å². The van der Waals surface area contributed by atoms with Gasteiger partial charge in [0, 0.05) is 22.8 Å². The number of aromatic nitrogens is 1. The Balaban J connectivity index is 2.26. The Morgan fingerprint density at radius 1 is 1.24 bits per heavy atom. The maximum absolute atomic E-state index is 13.4. The molecule has 0 atom stereocenters. The van der Waals surface area contributed by atoms with E-state index in [0.717, 1.165) is 30.1 Å². The molecule has 0 radical (unpaired) electrons. The minimum Gasteiger partial charge on any atom is -0.494 e. The lowest BCUT2D eigenvalue weighted by Gasteiger charge is -2.09. The molecule has 21 heavy (non-hydrogen) atoms. The number of pyridine rings is 1. The molecule has 2 rings (SSSR count). The molecule has 0 bridgehead atoms. The minimum atomic E-state index is -4.44. The van der Waals surface area contributed by atoms with Gasteiger partial charge in [0.05, 0.1) is 12.7 Å². The molecule has 0 spiro atoms. The summed E-state index contributed by atoms with van der Waals surface area (Å²) in [5, 5.41) is 0.309. The maximum atomic E-state index is 13.4. The number of nitrogens with zero attached hydrogens (tertiary/aromatic N) is 1. The van der Waals surface area contributed by atoms with Crippen LogP contribution in [0, 0.1) is 5.82 Å². The summed E-state index contributed by atoms with van der Waals surface area (Å²) in [4.78, 5) is 4.16. The average molecular weight is 318 g/mol. The number of ether oxygens (including phenoxy) is 1. The third-order valence-electron chi connectivity index (χ3n) is 2.56. The van der Waals surface area contributed by atoms with E-state index in [-0.39, 0.29) is 11.4 Å². The normalized spacial score (nSPS) is 11.5. The Morgan fingerprint density at radius 3 is 2.48 bits per heavy atom. The fraction of sp³-hybridized carbons (Fsp3) is 0.154. The van der Waals surface area contributed by atoms with Crippen molar-refractivity contribution in [3.63, 3.8) is 0 Å². The van der Waals surface area contributed by atoms with E-state index in [2.05, 4.69) is 4.98 Å². The van der Waals surface area contributed by atoms with Crippen molar-refractivity contribution in [3.8, 4) is 5.75 Å². The van der Waals surface area contributed by atoms with Gasteiger partial charge in [-0.1, -0.05) is 11.8 Å². The first-order chi connectivity index (χ1) is 9.81. The van der Waals surface area contributed by atoms with Crippen molar-refractivity contribution in [3.05, 3.63) is 41.8 Å². The van der Waals surface area contributed by atoms with Gasteiger partial charge >= 0.3 is 6.18 Å². The molecule has 0 aliphatic carbocycles. The molecule has 0 aliphatic heterocycles. The molecule has 0 fully saturated rings. The van der Waals surface area contributed by atoms with Crippen LogP contribution in [-0.2, 0) is 6.18 Å². The van der Waals surface area contributed by atoms with E-state index in [9.17, 15) is 17.6 Å². The summed E-state index contributed by atoms with van der Waals surface area (Å²) in [6, 6.07) is 4.61. The van der Waals surface area contributed by atoms with Gasteiger partial charge < -0.3 is 10.5 Å². The Morgan fingerprint density at radius 2 is 1.95 bits per heavy atom. The molecular weight excluding hydrogens is 308 g/mol. The lowest BCUT2D eigenvalue weighted by atomic mass is 10.3. The highest BCUT2D eigenvalue weighted by Crippen LogP contribution is 2.36. The van der Waals surface area contributed by atoms with Crippen LogP contribution in [0.25, 0.3) is 0 Å². The molecule has 3 nitrogen and oxygen atoms in total.